The molecule has 0 bridgehead atoms. The Kier molecular flexibility index (Phi) is 4.90. The second kappa shape index (κ2) is 6.86. The fourth-order valence-corrected chi connectivity index (χ4v) is 2.21. The van der Waals surface area contributed by atoms with Crippen LogP contribution in [0.4, 0.5) is 14.5 Å². The minimum Gasteiger partial charge on any atom is -0.322 e. The van der Waals surface area contributed by atoms with Gasteiger partial charge in [0, 0.05) is 17.4 Å². The SMILES string of the molecule is C#Cc1cccc(NC(=O)c2cccnc2SC(F)F)c1. The highest BCUT2D eigenvalue weighted by atomic mass is 32.2. The maximum atomic E-state index is 12.5. The number of terminal acetylenes is 1. The van der Waals surface area contributed by atoms with Crippen LogP contribution in [0.3, 0.4) is 0 Å². The van der Waals surface area contributed by atoms with Crippen molar-refractivity contribution in [1.29, 1.82) is 0 Å². The highest BCUT2D eigenvalue weighted by Crippen LogP contribution is 2.26. The lowest BCUT2D eigenvalue weighted by Gasteiger charge is -2.09. The highest BCUT2D eigenvalue weighted by Gasteiger charge is 2.16. The monoisotopic (exact) mass is 304 g/mol. The Bertz CT molecular complexity index is 698. The van der Waals surface area contributed by atoms with Crippen LogP contribution in [0, 0.1) is 12.3 Å². The molecule has 1 heterocycles. The summed E-state index contributed by atoms with van der Waals surface area (Å²) >= 11 is 0.234. The molecule has 2 rings (SSSR count). The summed E-state index contributed by atoms with van der Waals surface area (Å²) in [5.74, 6) is -0.705. The van der Waals surface area contributed by atoms with Crippen molar-refractivity contribution in [2.45, 2.75) is 10.8 Å². The van der Waals surface area contributed by atoms with Gasteiger partial charge in [-0.1, -0.05) is 12.0 Å². The molecule has 106 valence electrons. The summed E-state index contributed by atoms with van der Waals surface area (Å²) in [5.41, 5.74) is 1.20. The Morgan fingerprint density at radius 1 is 1.33 bits per heavy atom. The van der Waals surface area contributed by atoms with Crippen LogP contribution in [0.1, 0.15) is 15.9 Å². The maximum Gasteiger partial charge on any atom is 0.290 e. The van der Waals surface area contributed by atoms with Gasteiger partial charge in [0.2, 0.25) is 0 Å². The summed E-state index contributed by atoms with van der Waals surface area (Å²) in [5, 5.41) is 2.60. The van der Waals surface area contributed by atoms with E-state index in [0.717, 1.165) is 0 Å². The first-order valence-corrected chi connectivity index (χ1v) is 6.76. The molecule has 0 atom stereocenters. The van der Waals surface area contributed by atoms with Gasteiger partial charge >= 0.3 is 0 Å². The van der Waals surface area contributed by atoms with Gasteiger partial charge in [-0.05, 0) is 42.1 Å². The number of carbonyl (C=O) groups is 1. The quantitative estimate of drug-likeness (QED) is 0.693. The van der Waals surface area contributed by atoms with Crippen LogP contribution in [0.25, 0.3) is 0 Å². The number of nitrogens with one attached hydrogen (secondary N) is 1. The molecule has 2 aromatic rings. The molecule has 21 heavy (non-hydrogen) atoms. The number of halogens is 2. The van der Waals surface area contributed by atoms with Crippen LogP contribution in [-0.2, 0) is 0 Å². The van der Waals surface area contributed by atoms with Gasteiger partial charge in [-0.2, -0.15) is 8.78 Å². The van der Waals surface area contributed by atoms with Gasteiger partial charge in [0.25, 0.3) is 11.7 Å². The average molecular weight is 304 g/mol. The molecule has 0 saturated carbocycles. The largest absolute Gasteiger partial charge is 0.322 e. The molecular formula is C15H10F2N2OS. The molecule has 1 aromatic heterocycles. The van der Waals surface area contributed by atoms with Gasteiger partial charge in [0.05, 0.1) is 5.56 Å². The summed E-state index contributed by atoms with van der Waals surface area (Å²) in [4.78, 5) is 16.0. The minimum atomic E-state index is -2.64. The van der Waals surface area contributed by atoms with E-state index in [1.54, 1.807) is 24.3 Å². The Hall–Kier alpha value is -2.39. The number of aromatic nitrogens is 1. The summed E-state index contributed by atoms with van der Waals surface area (Å²) in [6.07, 6.45) is 6.64. The molecule has 3 nitrogen and oxygen atoms in total. The van der Waals surface area contributed by atoms with E-state index in [4.69, 9.17) is 6.42 Å². The first-order chi connectivity index (χ1) is 10.1. The zero-order valence-electron chi connectivity index (χ0n) is 10.7. The molecule has 1 amide bonds. The van der Waals surface area contributed by atoms with Gasteiger partial charge in [0.1, 0.15) is 5.03 Å². The Labute approximate surface area is 124 Å². The molecule has 6 heteroatoms. The van der Waals surface area contributed by atoms with Gasteiger partial charge in [-0.15, -0.1) is 6.42 Å². The van der Waals surface area contributed by atoms with Crippen LogP contribution in [-0.4, -0.2) is 16.6 Å². The molecule has 0 radical (unpaired) electrons. The van der Waals surface area contributed by atoms with Crippen molar-refractivity contribution >= 4 is 23.4 Å². The average Bonchev–Trinajstić information content (AvgIpc) is 2.47. The highest BCUT2D eigenvalue weighted by molar-refractivity contribution is 7.99. The Morgan fingerprint density at radius 3 is 2.86 bits per heavy atom. The minimum absolute atomic E-state index is 0.0156. The van der Waals surface area contributed by atoms with E-state index in [2.05, 4.69) is 16.2 Å². The third-order valence-electron chi connectivity index (χ3n) is 2.50. The van der Waals surface area contributed by atoms with Crippen LogP contribution < -0.4 is 5.32 Å². The fourth-order valence-electron chi connectivity index (χ4n) is 1.63. The number of benzene rings is 1. The van der Waals surface area contributed by atoms with Crippen molar-refractivity contribution in [3.05, 3.63) is 53.7 Å². The number of amides is 1. The topological polar surface area (TPSA) is 42.0 Å². The molecule has 0 saturated heterocycles. The van der Waals surface area contributed by atoms with Gasteiger partial charge in [-0.3, -0.25) is 4.79 Å². The van der Waals surface area contributed by atoms with Crippen LogP contribution in [0.15, 0.2) is 47.6 Å². The van der Waals surface area contributed by atoms with E-state index in [0.29, 0.717) is 11.3 Å². The standard InChI is InChI=1S/C15H10F2N2OS/c1-2-10-5-3-6-11(9-10)19-13(20)12-7-4-8-18-14(12)21-15(16)17/h1,3-9,15H,(H,19,20). The third-order valence-corrected chi connectivity index (χ3v) is 3.23. The summed E-state index contributed by atoms with van der Waals surface area (Å²) in [6, 6.07) is 9.66. The number of pyridine rings is 1. The molecular weight excluding hydrogens is 294 g/mol. The lowest BCUT2D eigenvalue weighted by Crippen LogP contribution is -2.14. The first-order valence-electron chi connectivity index (χ1n) is 5.88. The normalized spacial score (nSPS) is 10.2. The summed E-state index contributed by atoms with van der Waals surface area (Å²) < 4.78 is 24.9. The third kappa shape index (κ3) is 4.04. The smallest absolute Gasteiger partial charge is 0.290 e. The van der Waals surface area contributed by atoms with Crippen LogP contribution in [0.2, 0.25) is 0 Å². The first kappa shape index (κ1) is 15.0. The fraction of sp³-hybridized carbons (Fsp3) is 0.0667. The molecule has 0 aliphatic carbocycles. The Balaban J connectivity index is 2.22. The van der Waals surface area contributed by atoms with Crippen molar-refractivity contribution < 1.29 is 13.6 Å². The lowest BCUT2D eigenvalue weighted by molar-refractivity contribution is 0.102. The second-order valence-electron chi connectivity index (χ2n) is 3.91. The molecule has 0 unspecified atom stereocenters. The Morgan fingerprint density at radius 2 is 2.14 bits per heavy atom. The van der Waals surface area contributed by atoms with Crippen molar-refractivity contribution in [2.24, 2.45) is 0 Å². The predicted molar refractivity (Wildman–Crippen MR) is 78.4 cm³/mol. The predicted octanol–water partition coefficient (Wildman–Crippen LogP) is 3.63. The zero-order chi connectivity index (χ0) is 15.2. The number of hydrogen-bond acceptors (Lipinski definition) is 3. The van der Waals surface area contributed by atoms with Gasteiger partial charge < -0.3 is 5.32 Å². The lowest BCUT2D eigenvalue weighted by atomic mass is 10.2. The van der Waals surface area contributed by atoms with E-state index in [-0.39, 0.29) is 22.4 Å². The second-order valence-corrected chi connectivity index (χ2v) is 4.89. The molecule has 0 aliphatic rings. The van der Waals surface area contributed by atoms with E-state index in [1.165, 1.54) is 18.3 Å². The molecule has 1 N–H and O–H groups in total. The molecule has 0 aliphatic heterocycles. The summed E-state index contributed by atoms with van der Waals surface area (Å²) in [7, 11) is 0. The molecule has 0 spiro atoms. The number of anilines is 1. The number of hydrogen-bond donors (Lipinski definition) is 1. The number of rotatable bonds is 4. The van der Waals surface area contributed by atoms with Gasteiger partial charge in [0.15, 0.2) is 0 Å². The number of carbonyl (C=O) groups excluding carboxylic acids is 1. The van der Waals surface area contributed by atoms with E-state index < -0.39 is 11.7 Å². The number of thioether (sulfide) groups is 1. The molecule has 1 aromatic carbocycles. The van der Waals surface area contributed by atoms with E-state index >= 15 is 0 Å². The van der Waals surface area contributed by atoms with Crippen molar-refractivity contribution in [2.75, 3.05) is 5.32 Å². The van der Waals surface area contributed by atoms with E-state index in [1.807, 2.05) is 0 Å². The molecule has 0 fully saturated rings. The maximum absolute atomic E-state index is 12.5. The van der Waals surface area contributed by atoms with Crippen molar-refractivity contribution in [1.82, 2.24) is 4.98 Å². The van der Waals surface area contributed by atoms with Crippen molar-refractivity contribution in [3.63, 3.8) is 0 Å². The number of alkyl halides is 2. The summed E-state index contributed by atoms with van der Waals surface area (Å²) in [6.45, 7) is 0. The zero-order valence-corrected chi connectivity index (χ0v) is 11.5. The number of nitrogens with zero attached hydrogens (tertiary/aromatic N) is 1. The van der Waals surface area contributed by atoms with Crippen LogP contribution in [0.5, 0.6) is 0 Å². The van der Waals surface area contributed by atoms with Gasteiger partial charge in [-0.25, -0.2) is 4.98 Å². The van der Waals surface area contributed by atoms with E-state index in [9.17, 15) is 13.6 Å². The van der Waals surface area contributed by atoms with Crippen LogP contribution >= 0.6 is 11.8 Å². The van der Waals surface area contributed by atoms with Crippen molar-refractivity contribution in [3.8, 4) is 12.3 Å².